The Hall–Kier alpha value is -1.92. The molecule has 1 heterocycles. The van der Waals surface area contributed by atoms with Gasteiger partial charge in [-0.05, 0) is 30.2 Å². The van der Waals surface area contributed by atoms with E-state index in [4.69, 9.17) is 14.6 Å². The highest BCUT2D eigenvalue weighted by molar-refractivity contribution is 5.72. The fraction of sp³-hybridized carbons (Fsp3) is 0.417. The number of benzene rings is 1. The lowest BCUT2D eigenvalue weighted by Crippen LogP contribution is -2.47. The van der Waals surface area contributed by atoms with E-state index in [9.17, 15) is 18.0 Å². The Balaban J connectivity index is 2.39. The van der Waals surface area contributed by atoms with Gasteiger partial charge in [0, 0.05) is 0 Å². The molecular weight excluding hydrogens is 265 g/mol. The van der Waals surface area contributed by atoms with Crippen LogP contribution in [0.1, 0.15) is 5.56 Å². The number of carbonyl (C=O) groups is 1. The number of fused-ring (bicyclic) bond motifs is 1. The zero-order valence-corrected chi connectivity index (χ0v) is 9.90. The van der Waals surface area contributed by atoms with Gasteiger partial charge < -0.3 is 14.6 Å². The maximum atomic E-state index is 12.8. The van der Waals surface area contributed by atoms with Crippen LogP contribution in [0.3, 0.4) is 0 Å². The Labute approximate surface area is 106 Å². The first-order valence-electron chi connectivity index (χ1n) is 5.46. The molecule has 7 heteroatoms. The lowest BCUT2D eigenvalue weighted by Gasteiger charge is -2.32. The number of alkyl halides is 3. The smallest absolute Gasteiger partial charge is 0.426 e. The zero-order valence-electron chi connectivity index (χ0n) is 9.90. The highest BCUT2D eigenvalue weighted by Crippen LogP contribution is 2.39. The summed E-state index contributed by atoms with van der Waals surface area (Å²) < 4.78 is 48.1. The van der Waals surface area contributed by atoms with E-state index < -0.39 is 24.2 Å². The Bertz CT molecular complexity index is 498. The normalized spacial score (nSPS) is 22.3. The second-order valence-electron chi connectivity index (χ2n) is 4.20. The van der Waals surface area contributed by atoms with Crippen LogP contribution in [0.15, 0.2) is 18.2 Å². The summed E-state index contributed by atoms with van der Waals surface area (Å²) in [5, 5.41) is 8.91. The van der Waals surface area contributed by atoms with Crippen molar-refractivity contribution in [1.29, 1.82) is 0 Å². The van der Waals surface area contributed by atoms with Crippen LogP contribution in [0.4, 0.5) is 13.2 Å². The van der Waals surface area contributed by atoms with E-state index >= 15 is 0 Å². The van der Waals surface area contributed by atoms with E-state index in [0.29, 0.717) is 11.3 Å². The third-order valence-electron chi connectivity index (χ3n) is 2.97. The van der Waals surface area contributed by atoms with Crippen LogP contribution in [-0.4, -0.2) is 30.5 Å². The fourth-order valence-electron chi connectivity index (χ4n) is 2.03. The van der Waals surface area contributed by atoms with Gasteiger partial charge in [0.1, 0.15) is 17.4 Å². The number of methoxy groups -OCH3 is 1. The molecule has 0 saturated heterocycles. The van der Waals surface area contributed by atoms with Gasteiger partial charge in [-0.25, -0.2) is 0 Å². The minimum atomic E-state index is -4.72. The van der Waals surface area contributed by atoms with Crippen LogP contribution in [0, 0.1) is 5.92 Å². The molecule has 0 spiro atoms. The van der Waals surface area contributed by atoms with Gasteiger partial charge in [0.2, 0.25) is 6.10 Å². The first-order valence-corrected chi connectivity index (χ1v) is 5.46. The Morgan fingerprint density at radius 2 is 2.16 bits per heavy atom. The van der Waals surface area contributed by atoms with Crippen molar-refractivity contribution in [2.45, 2.75) is 18.7 Å². The summed E-state index contributed by atoms with van der Waals surface area (Å²) in [6.45, 7) is 0. The summed E-state index contributed by atoms with van der Waals surface area (Å²) in [5.41, 5.74) is 0.396. The van der Waals surface area contributed by atoms with Gasteiger partial charge >= 0.3 is 12.1 Å². The van der Waals surface area contributed by atoms with Crippen molar-refractivity contribution < 1.29 is 32.5 Å². The number of hydrogen-bond donors (Lipinski definition) is 1. The Morgan fingerprint density at radius 3 is 2.68 bits per heavy atom. The third kappa shape index (κ3) is 2.59. The molecule has 2 unspecified atom stereocenters. The van der Waals surface area contributed by atoms with E-state index in [1.165, 1.54) is 25.3 Å². The second kappa shape index (κ2) is 4.64. The number of aliphatic carboxylic acids is 1. The van der Waals surface area contributed by atoms with Gasteiger partial charge in [0.05, 0.1) is 7.11 Å². The van der Waals surface area contributed by atoms with Crippen LogP contribution in [0.2, 0.25) is 0 Å². The van der Waals surface area contributed by atoms with Crippen molar-refractivity contribution in [3.8, 4) is 11.5 Å². The number of hydrogen-bond acceptors (Lipinski definition) is 3. The molecule has 0 bridgehead atoms. The number of ether oxygens (including phenoxy) is 2. The average Bonchev–Trinajstić information content (AvgIpc) is 2.35. The predicted molar refractivity (Wildman–Crippen MR) is 58.3 cm³/mol. The molecular formula is C12H11F3O4. The predicted octanol–water partition coefficient (Wildman–Crippen LogP) is 2.26. The Kier molecular flexibility index (Phi) is 3.30. The molecule has 19 heavy (non-hydrogen) atoms. The van der Waals surface area contributed by atoms with Crippen molar-refractivity contribution in [3.63, 3.8) is 0 Å². The second-order valence-corrected chi connectivity index (χ2v) is 4.20. The number of rotatable bonds is 2. The largest absolute Gasteiger partial charge is 0.497 e. The van der Waals surface area contributed by atoms with Gasteiger partial charge in [-0.2, -0.15) is 13.2 Å². The molecule has 1 aliphatic heterocycles. The van der Waals surface area contributed by atoms with E-state index in [1.54, 1.807) is 0 Å². The highest BCUT2D eigenvalue weighted by Gasteiger charge is 2.52. The van der Waals surface area contributed by atoms with Crippen LogP contribution >= 0.6 is 0 Å². The molecule has 0 radical (unpaired) electrons. The van der Waals surface area contributed by atoms with E-state index in [1.807, 2.05) is 0 Å². The Morgan fingerprint density at radius 1 is 1.47 bits per heavy atom. The molecule has 0 aliphatic carbocycles. The van der Waals surface area contributed by atoms with Crippen molar-refractivity contribution >= 4 is 5.97 Å². The third-order valence-corrected chi connectivity index (χ3v) is 2.97. The summed E-state index contributed by atoms with van der Waals surface area (Å²) in [4.78, 5) is 11.0. The molecule has 0 fully saturated rings. The highest BCUT2D eigenvalue weighted by atomic mass is 19.4. The molecule has 1 aromatic carbocycles. The molecule has 2 rings (SSSR count). The van der Waals surface area contributed by atoms with Crippen LogP contribution in [0.25, 0.3) is 0 Å². The van der Waals surface area contributed by atoms with E-state index in [2.05, 4.69) is 0 Å². The van der Waals surface area contributed by atoms with Gasteiger partial charge in [0.25, 0.3) is 0 Å². The number of carboxylic acid groups (broad SMARTS) is 1. The van der Waals surface area contributed by atoms with E-state index in [-0.39, 0.29) is 12.2 Å². The summed E-state index contributed by atoms with van der Waals surface area (Å²) >= 11 is 0. The van der Waals surface area contributed by atoms with Crippen LogP contribution < -0.4 is 9.47 Å². The summed E-state index contributed by atoms with van der Waals surface area (Å²) in [7, 11) is 1.42. The first-order chi connectivity index (χ1) is 8.82. The number of halogens is 3. The lowest BCUT2D eigenvalue weighted by atomic mass is 9.90. The topological polar surface area (TPSA) is 55.8 Å². The molecule has 4 nitrogen and oxygen atoms in total. The van der Waals surface area contributed by atoms with Crippen molar-refractivity contribution in [3.05, 3.63) is 23.8 Å². The zero-order chi connectivity index (χ0) is 14.2. The quantitative estimate of drug-likeness (QED) is 0.900. The molecule has 0 saturated carbocycles. The van der Waals surface area contributed by atoms with Gasteiger partial charge in [-0.1, -0.05) is 0 Å². The molecule has 2 atom stereocenters. The maximum Gasteiger partial charge on any atom is 0.426 e. The standard InChI is InChI=1S/C12H11F3O4/c1-18-7-2-3-9-6(4-7)5-8(11(16)17)10(19-9)12(13,14)15/h2-4,8,10H,5H2,1H3,(H,16,17). The maximum absolute atomic E-state index is 12.8. The summed E-state index contributed by atoms with van der Waals surface area (Å²) in [5.74, 6) is -2.70. The molecule has 1 N–H and O–H groups in total. The SMILES string of the molecule is COc1ccc2c(c1)CC(C(=O)O)C(C(F)(F)F)O2. The van der Waals surface area contributed by atoms with Crippen molar-refractivity contribution in [1.82, 2.24) is 0 Å². The minimum Gasteiger partial charge on any atom is -0.497 e. The molecule has 0 aromatic heterocycles. The van der Waals surface area contributed by atoms with Crippen molar-refractivity contribution in [2.75, 3.05) is 7.11 Å². The molecule has 104 valence electrons. The molecule has 0 amide bonds. The first kappa shape index (κ1) is 13.5. The van der Waals surface area contributed by atoms with Gasteiger partial charge in [-0.15, -0.1) is 0 Å². The van der Waals surface area contributed by atoms with Gasteiger partial charge in [-0.3, -0.25) is 4.79 Å². The molecule has 1 aromatic rings. The average molecular weight is 276 g/mol. The monoisotopic (exact) mass is 276 g/mol. The van der Waals surface area contributed by atoms with E-state index in [0.717, 1.165) is 0 Å². The summed E-state index contributed by atoms with van der Waals surface area (Å²) in [6, 6.07) is 4.30. The van der Waals surface area contributed by atoms with Crippen LogP contribution in [0.5, 0.6) is 11.5 Å². The van der Waals surface area contributed by atoms with Crippen LogP contribution in [-0.2, 0) is 11.2 Å². The lowest BCUT2D eigenvalue weighted by molar-refractivity contribution is -0.217. The van der Waals surface area contributed by atoms with Crippen molar-refractivity contribution in [2.24, 2.45) is 5.92 Å². The number of carboxylic acids is 1. The minimum absolute atomic E-state index is 0.0422. The molecule has 1 aliphatic rings. The fourth-order valence-corrected chi connectivity index (χ4v) is 2.03. The summed E-state index contributed by atoms with van der Waals surface area (Å²) in [6.07, 6.45) is -7.29. The van der Waals surface area contributed by atoms with Gasteiger partial charge in [0.15, 0.2) is 0 Å².